The molecule has 0 saturated carbocycles. The molecule has 2 aromatic rings. The Morgan fingerprint density at radius 3 is 2.50 bits per heavy atom. The molecule has 5 nitrogen and oxygen atoms in total. The van der Waals surface area contributed by atoms with E-state index in [1.807, 2.05) is 18.2 Å². The van der Waals surface area contributed by atoms with Gasteiger partial charge in [0.05, 0.1) is 4.90 Å². The highest BCUT2D eigenvalue weighted by Gasteiger charge is 2.22. The van der Waals surface area contributed by atoms with Crippen molar-refractivity contribution < 1.29 is 13.2 Å². The molecule has 0 spiro atoms. The van der Waals surface area contributed by atoms with E-state index in [0.29, 0.717) is 16.6 Å². The largest absolute Gasteiger partial charge is 0.351 e. The summed E-state index contributed by atoms with van der Waals surface area (Å²) in [5, 5.41) is 2.83. The lowest BCUT2D eigenvalue weighted by molar-refractivity contribution is 0.0956. The molecule has 1 N–H and O–H groups in total. The predicted molar refractivity (Wildman–Crippen MR) is 110 cm³/mol. The van der Waals surface area contributed by atoms with Crippen LogP contribution in [0.25, 0.3) is 0 Å². The molecular formula is C18H21BrN2O3S2. The first-order chi connectivity index (χ1) is 12.3. The van der Waals surface area contributed by atoms with E-state index >= 15 is 0 Å². The van der Waals surface area contributed by atoms with Crippen molar-refractivity contribution in [3.05, 3.63) is 64.1 Å². The monoisotopic (exact) mass is 456 g/mol. The molecular weight excluding hydrogens is 436 g/mol. The number of hydrogen-bond donors (Lipinski definition) is 1. The highest BCUT2D eigenvalue weighted by molar-refractivity contribution is 9.10. The molecule has 0 unspecified atom stereocenters. The quantitative estimate of drug-likeness (QED) is 0.618. The maximum Gasteiger partial charge on any atom is 0.251 e. The van der Waals surface area contributed by atoms with Crippen LogP contribution in [0.4, 0.5) is 0 Å². The van der Waals surface area contributed by atoms with Crippen molar-refractivity contribution in [1.29, 1.82) is 0 Å². The van der Waals surface area contributed by atoms with Crippen LogP contribution in [-0.4, -0.2) is 45.0 Å². The smallest absolute Gasteiger partial charge is 0.251 e. The molecule has 2 rings (SSSR count). The summed E-state index contributed by atoms with van der Waals surface area (Å²) >= 11 is 4.97. The molecule has 0 aliphatic carbocycles. The van der Waals surface area contributed by atoms with Gasteiger partial charge in [-0.25, -0.2) is 12.7 Å². The second-order valence-electron chi connectivity index (χ2n) is 5.73. The van der Waals surface area contributed by atoms with Crippen molar-refractivity contribution in [2.75, 3.05) is 26.4 Å². The SMILES string of the molecule is CN(C)S(=O)(=O)c1cc(C(=O)NCCSCc2ccccc2)ccc1Br. The van der Waals surface area contributed by atoms with Crippen LogP contribution in [0.15, 0.2) is 57.9 Å². The second kappa shape index (κ2) is 9.55. The van der Waals surface area contributed by atoms with Gasteiger partial charge >= 0.3 is 0 Å². The van der Waals surface area contributed by atoms with Crippen molar-refractivity contribution in [2.45, 2.75) is 10.6 Å². The topological polar surface area (TPSA) is 66.5 Å². The fourth-order valence-electron chi connectivity index (χ4n) is 2.14. The lowest BCUT2D eigenvalue weighted by Gasteiger charge is -2.14. The zero-order valence-corrected chi connectivity index (χ0v) is 17.8. The number of amides is 1. The Labute approximate surface area is 167 Å². The summed E-state index contributed by atoms with van der Waals surface area (Å²) in [7, 11) is -0.707. The summed E-state index contributed by atoms with van der Waals surface area (Å²) in [6, 6.07) is 14.7. The van der Waals surface area contributed by atoms with E-state index in [1.54, 1.807) is 23.9 Å². The minimum Gasteiger partial charge on any atom is -0.351 e. The molecule has 0 aromatic heterocycles. The highest BCUT2D eigenvalue weighted by Crippen LogP contribution is 2.25. The first-order valence-corrected chi connectivity index (χ1v) is 11.3. The summed E-state index contributed by atoms with van der Waals surface area (Å²) in [6.07, 6.45) is 0. The minimum absolute atomic E-state index is 0.0774. The van der Waals surface area contributed by atoms with Crippen LogP contribution in [0.5, 0.6) is 0 Å². The number of nitrogens with zero attached hydrogens (tertiary/aromatic N) is 1. The van der Waals surface area contributed by atoms with E-state index in [9.17, 15) is 13.2 Å². The summed E-state index contributed by atoms with van der Waals surface area (Å²) in [5.74, 6) is 1.38. The first kappa shape index (κ1) is 21.0. The highest BCUT2D eigenvalue weighted by atomic mass is 79.9. The van der Waals surface area contributed by atoms with E-state index in [1.165, 1.54) is 25.7 Å². The number of hydrogen-bond acceptors (Lipinski definition) is 4. The van der Waals surface area contributed by atoms with Crippen molar-refractivity contribution >= 4 is 43.6 Å². The van der Waals surface area contributed by atoms with E-state index < -0.39 is 10.0 Å². The zero-order chi connectivity index (χ0) is 19.2. The average Bonchev–Trinajstić information content (AvgIpc) is 2.62. The Morgan fingerprint density at radius 2 is 1.85 bits per heavy atom. The molecule has 0 atom stereocenters. The average molecular weight is 457 g/mol. The van der Waals surface area contributed by atoms with Gasteiger partial charge in [-0.3, -0.25) is 4.79 Å². The van der Waals surface area contributed by atoms with Gasteiger partial charge in [0, 0.05) is 42.2 Å². The maximum atomic E-state index is 12.3. The Morgan fingerprint density at radius 1 is 1.15 bits per heavy atom. The maximum absolute atomic E-state index is 12.3. The molecule has 0 aliphatic rings. The van der Waals surface area contributed by atoms with E-state index in [0.717, 1.165) is 15.8 Å². The van der Waals surface area contributed by atoms with Gasteiger partial charge in [-0.15, -0.1) is 0 Å². The number of carbonyl (C=O) groups excluding carboxylic acids is 1. The number of sulfonamides is 1. The molecule has 26 heavy (non-hydrogen) atoms. The van der Waals surface area contributed by atoms with Gasteiger partial charge in [0.2, 0.25) is 10.0 Å². The van der Waals surface area contributed by atoms with E-state index in [-0.39, 0.29) is 10.8 Å². The molecule has 2 aromatic carbocycles. The molecule has 0 aliphatic heterocycles. The zero-order valence-electron chi connectivity index (χ0n) is 14.6. The van der Waals surface area contributed by atoms with E-state index in [2.05, 4.69) is 33.4 Å². The van der Waals surface area contributed by atoms with Gasteiger partial charge in [-0.1, -0.05) is 30.3 Å². The van der Waals surface area contributed by atoms with Crippen LogP contribution < -0.4 is 5.32 Å². The number of thioether (sulfide) groups is 1. The number of benzene rings is 2. The fourth-order valence-corrected chi connectivity index (χ4v) is 4.80. The Kier molecular flexibility index (Phi) is 7.69. The lowest BCUT2D eigenvalue weighted by atomic mass is 10.2. The number of nitrogens with one attached hydrogen (secondary N) is 1. The Hall–Kier alpha value is -1.35. The summed E-state index contributed by atoms with van der Waals surface area (Å²) in [5.41, 5.74) is 1.57. The molecule has 0 heterocycles. The van der Waals surface area contributed by atoms with Crippen molar-refractivity contribution in [1.82, 2.24) is 9.62 Å². The van der Waals surface area contributed by atoms with Crippen LogP contribution in [0.1, 0.15) is 15.9 Å². The number of rotatable bonds is 8. The van der Waals surface area contributed by atoms with Gasteiger partial charge in [0.25, 0.3) is 5.91 Å². The van der Waals surface area contributed by atoms with Gasteiger partial charge in [0.15, 0.2) is 0 Å². The van der Waals surface area contributed by atoms with Gasteiger partial charge < -0.3 is 5.32 Å². The predicted octanol–water partition coefficient (Wildman–Crippen LogP) is 3.36. The minimum atomic E-state index is -3.62. The third-order valence-corrected chi connectivity index (χ3v) is 7.43. The van der Waals surface area contributed by atoms with Crippen molar-refractivity contribution in [2.24, 2.45) is 0 Å². The van der Waals surface area contributed by atoms with Crippen LogP contribution in [0.3, 0.4) is 0 Å². The third-order valence-electron chi connectivity index (χ3n) is 3.60. The van der Waals surface area contributed by atoms with Gasteiger partial charge in [-0.05, 0) is 39.7 Å². The van der Waals surface area contributed by atoms with Crippen molar-refractivity contribution in [3.8, 4) is 0 Å². The molecule has 0 saturated heterocycles. The number of carbonyl (C=O) groups is 1. The van der Waals surface area contributed by atoms with Gasteiger partial charge in [0.1, 0.15) is 0 Å². The fraction of sp³-hybridized carbons (Fsp3) is 0.278. The second-order valence-corrected chi connectivity index (χ2v) is 9.81. The summed E-state index contributed by atoms with van der Waals surface area (Å²) in [4.78, 5) is 12.4. The lowest BCUT2D eigenvalue weighted by Crippen LogP contribution is -2.27. The van der Waals surface area contributed by atoms with Crippen LogP contribution >= 0.6 is 27.7 Å². The molecule has 8 heteroatoms. The Balaban J connectivity index is 1.91. The van der Waals surface area contributed by atoms with E-state index in [4.69, 9.17) is 0 Å². The Bertz CT molecular complexity index is 856. The molecule has 0 fully saturated rings. The van der Waals surface area contributed by atoms with Crippen LogP contribution in [0.2, 0.25) is 0 Å². The molecule has 140 valence electrons. The normalized spacial score (nSPS) is 11.5. The van der Waals surface area contributed by atoms with Gasteiger partial charge in [-0.2, -0.15) is 11.8 Å². The molecule has 0 radical (unpaired) electrons. The number of halogens is 1. The van der Waals surface area contributed by atoms with Crippen LogP contribution in [-0.2, 0) is 15.8 Å². The standard InChI is InChI=1S/C18H21BrN2O3S2/c1-21(2)26(23,24)17-12-15(8-9-16(17)19)18(22)20-10-11-25-13-14-6-4-3-5-7-14/h3-9,12H,10-11,13H2,1-2H3,(H,20,22). The van der Waals surface area contributed by atoms with Crippen LogP contribution in [0, 0.1) is 0 Å². The molecule has 1 amide bonds. The van der Waals surface area contributed by atoms with Crippen molar-refractivity contribution in [3.63, 3.8) is 0 Å². The molecule has 0 bridgehead atoms. The third kappa shape index (κ3) is 5.57. The summed E-state index contributed by atoms with van der Waals surface area (Å²) < 4.78 is 26.2. The summed E-state index contributed by atoms with van der Waals surface area (Å²) in [6.45, 7) is 0.516. The first-order valence-electron chi connectivity index (χ1n) is 7.94.